The lowest BCUT2D eigenvalue weighted by molar-refractivity contribution is 0.578. The molecule has 0 aromatic heterocycles. The zero-order valence-corrected chi connectivity index (χ0v) is 14.5. The topological polar surface area (TPSA) is 27.3 Å². The highest BCUT2D eigenvalue weighted by atomic mass is 35.5. The van der Waals surface area contributed by atoms with E-state index in [2.05, 4.69) is 21.6 Å². The highest BCUT2D eigenvalue weighted by molar-refractivity contribution is 7.80. The van der Waals surface area contributed by atoms with Crippen LogP contribution in [0.5, 0.6) is 0 Å². The molecule has 5 heteroatoms. The molecule has 120 valence electrons. The van der Waals surface area contributed by atoms with E-state index in [-0.39, 0.29) is 0 Å². The molecule has 1 aliphatic heterocycles. The molecule has 2 aromatic rings. The Morgan fingerprint density at radius 1 is 0.913 bits per heavy atom. The zero-order valence-electron chi connectivity index (χ0n) is 12.9. The summed E-state index contributed by atoms with van der Waals surface area (Å²) in [6.45, 7) is 2.17. The second-order valence-corrected chi connectivity index (χ2v) is 6.47. The van der Waals surface area contributed by atoms with E-state index in [1.54, 1.807) is 0 Å². The Hall–Kier alpha value is -1.78. The van der Waals surface area contributed by atoms with Gasteiger partial charge in [0.05, 0.1) is 10.7 Å². The standard InChI is InChI=1S/C18H20ClN3S/c19-16-13-15(9-10-17(16)22-11-5-2-6-12-22)21-18(23)20-14-7-3-1-4-8-14/h1,3-4,7-10,13H,2,5-6,11-12H2,(H2,20,21,23). The maximum Gasteiger partial charge on any atom is 0.175 e. The Balaban J connectivity index is 1.64. The predicted octanol–water partition coefficient (Wildman–Crippen LogP) is 5.14. The first-order valence-corrected chi connectivity index (χ1v) is 8.68. The summed E-state index contributed by atoms with van der Waals surface area (Å²) in [5, 5.41) is 7.65. The molecule has 1 saturated heterocycles. The Labute approximate surface area is 147 Å². The Morgan fingerprint density at radius 3 is 2.30 bits per heavy atom. The number of hydrogen-bond donors (Lipinski definition) is 2. The summed E-state index contributed by atoms with van der Waals surface area (Å²) >= 11 is 11.8. The molecule has 2 N–H and O–H groups in total. The van der Waals surface area contributed by atoms with Crippen LogP contribution in [-0.4, -0.2) is 18.2 Å². The minimum absolute atomic E-state index is 0.554. The molecule has 1 fully saturated rings. The number of rotatable bonds is 3. The summed E-state index contributed by atoms with van der Waals surface area (Å²) in [6, 6.07) is 15.9. The van der Waals surface area contributed by atoms with Crippen molar-refractivity contribution in [3.63, 3.8) is 0 Å². The second-order valence-electron chi connectivity index (χ2n) is 5.66. The fourth-order valence-corrected chi connectivity index (χ4v) is 3.33. The van der Waals surface area contributed by atoms with Gasteiger partial charge in [0.25, 0.3) is 0 Å². The monoisotopic (exact) mass is 345 g/mol. The lowest BCUT2D eigenvalue weighted by Crippen LogP contribution is -2.29. The third-order valence-electron chi connectivity index (χ3n) is 3.93. The van der Waals surface area contributed by atoms with Gasteiger partial charge >= 0.3 is 0 Å². The largest absolute Gasteiger partial charge is 0.370 e. The van der Waals surface area contributed by atoms with Gasteiger partial charge in [-0.3, -0.25) is 0 Å². The fourth-order valence-electron chi connectivity index (χ4n) is 2.79. The molecular formula is C18H20ClN3S. The second kappa shape index (κ2) is 7.66. The summed E-state index contributed by atoms with van der Waals surface area (Å²) in [4.78, 5) is 2.36. The van der Waals surface area contributed by atoms with Crippen molar-refractivity contribution >= 4 is 46.0 Å². The SMILES string of the molecule is S=C(Nc1ccccc1)Nc1ccc(N2CCCCC2)c(Cl)c1. The van der Waals surface area contributed by atoms with E-state index in [9.17, 15) is 0 Å². The lowest BCUT2D eigenvalue weighted by atomic mass is 10.1. The molecule has 3 rings (SSSR count). The van der Waals surface area contributed by atoms with Crippen LogP contribution in [0.1, 0.15) is 19.3 Å². The van der Waals surface area contributed by atoms with Crippen LogP contribution in [0.4, 0.5) is 17.1 Å². The van der Waals surface area contributed by atoms with E-state index in [0.29, 0.717) is 5.11 Å². The van der Waals surface area contributed by atoms with Crippen molar-refractivity contribution in [1.29, 1.82) is 0 Å². The highest BCUT2D eigenvalue weighted by Gasteiger charge is 2.14. The average molecular weight is 346 g/mol. The molecule has 0 unspecified atom stereocenters. The molecule has 0 amide bonds. The Kier molecular flexibility index (Phi) is 5.36. The molecule has 0 saturated carbocycles. The van der Waals surface area contributed by atoms with E-state index < -0.39 is 0 Å². The molecule has 0 aliphatic carbocycles. The molecule has 0 radical (unpaired) electrons. The van der Waals surface area contributed by atoms with Gasteiger partial charge in [-0.2, -0.15) is 0 Å². The summed E-state index contributed by atoms with van der Waals surface area (Å²) in [7, 11) is 0. The Bertz CT molecular complexity index is 669. The summed E-state index contributed by atoms with van der Waals surface area (Å²) in [6.07, 6.45) is 3.79. The van der Waals surface area contributed by atoms with Crippen molar-refractivity contribution in [2.45, 2.75) is 19.3 Å². The van der Waals surface area contributed by atoms with E-state index in [1.807, 2.05) is 42.5 Å². The third kappa shape index (κ3) is 4.36. The summed E-state index contributed by atoms with van der Waals surface area (Å²) in [5.41, 5.74) is 2.96. The number of halogens is 1. The normalized spacial score (nSPS) is 14.4. The van der Waals surface area contributed by atoms with Gasteiger partial charge in [-0.05, 0) is 61.8 Å². The lowest BCUT2D eigenvalue weighted by Gasteiger charge is -2.29. The van der Waals surface area contributed by atoms with E-state index in [0.717, 1.165) is 35.2 Å². The fraction of sp³-hybridized carbons (Fsp3) is 0.278. The van der Waals surface area contributed by atoms with Gasteiger partial charge < -0.3 is 15.5 Å². The first-order valence-electron chi connectivity index (χ1n) is 7.90. The molecule has 0 bridgehead atoms. The van der Waals surface area contributed by atoms with Crippen molar-refractivity contribution in [3.05, 3.63) is 53.6 Å². The summed E-state index contributed by atoms with van der Waals surface area (Å²) < 4.78 is 0. The minimum Gasteiger partial charge on any atom is -0.370 e. The number of hydrogen-bond acceptors (Lipinski definition) is 2. The van der Waals surface area contributed by atoms with Crippen molar-refractivity contribution in [2.75, 3.05) is 28.6 Å². The van der Waals surface area contributed by atoms with Crippen molar-refractivity contribution < 1.29 is 0 Å². The molecule has 0 spiro atoms. The minimum atomic E-state index is 0.554. The molecule has 2 aromatic carbocycles. The van der Waals surface area contributed by atoms with Crippen molar-refractivity contribution in [3.8, 4) is 0 Å². The number of piperidine rings is 1. The number of nitrogens with zero attached hydrogens (tertiary/aromatic N) is 1. The van der Waals surface area contributed by atoms with Crippen LogP contribution in [0.2, 0.25) is 5.02 Å². The average Bonchev–Trinajstić information content (AvgIpc) is 2.56. The number of nitrogens with one attached hydrogen (secondary N) is 2. The van der Waals surface area contributed by atoms with Gasteiger partial charge in [0.2, 0.25) is 0 Å². The maximum absolute atomic E-state index is 6.46. The van der Waals surface area contributed by atoms with Crippen LogP contribution in [0.3, 0.4) is 0 Å². The van der Waals surface area contributed by atoms with Gasteiger partial charge in [0.15, 0.2) is 5.11 Å². The van der Waals surface area contributed by atoms with Crippen molar-refractivity contribution in [1.82, 2.24) is 0 Å². The van der Waals surface area contributed by atoms with Gasteiger partial charge in [0.1, 0.15) is 0 Å². The molecule has 1 heterocycles. The predicted molar refractivity (Wildman–Crippen MR) is 104 cm³/mol. The third-order valence-corrected chi connectivity index (χ3v) is 4.44. The van der Waals surface area contributed by atoms with Crippen LogP contribution < -0.4 is 15.5 Å². The van der Waals surface area contributed by atoms with Crippen LogP contribution in [0, 0.1) is 0 Å². The number of anilines is 3. The Morgan fingerprint density at radius 2 is 1.61 bits per heavy atom. The molecule has 1 aliphatic rings. The summed E-state index contributed by atoms with van der Waals surface area (Å²) in [5.74, 6) is 0. The number of para-hydroxylation sites is 1. The maximum atomic E-state index is 6.46. The smallest absolute Gasteiger partial charge is 0.175 e. The number of benzene rings is 2. The van der Waals surface area contributed by atoms with Crippen LogP contribution >= 0.6 is 23.8 Å². The van der Waals surface area contributed by atoms with Crippen LogP contribution in [0.25, 0.3) is 0 Å². The highest BCUT2D eigenvalue weighted by Crippen LogP contribution is 2.30. The van der Waals surface area contributed by atoms with Gasteiger partial charge in [-0.1, -0.05) is 29.8 Å². The van der Waals surface area contributed by atoms with E-state index in [4.69, 9.17) is 23.8 Å². The molecule has 0 atom stereocenters. The molecular weight excluding hydrogens is 326 g/mol. The van der Waals surface area contributed by atoms with Gasteiger partial charge in [0, 0.05) is 24.5 Å². The zero-order chi connectivity index (χ0) is 16.1. The van der Waals surface area contributed by atoms with Gasteiger partial charge in [-0.15, -0.1) is 0 Å². The van der Waals surface area contributed by atoms with Crippen LogP contribution in [0.15, 0.2) is 48.5 Å². The first-order chi connectivity index (χ1) is 11.2. The van der Waals surface area contributed by atoms with E-state index in [1.165, 1.54) is 19.3 Å². The van der Waals surface area contributed by atoms with Gasteiger partial charge in [-0.25, -0.2) is 0 Å². The van der Waals surface area contributed by atoms with E-state index >= 15 is 0 Å². The van der Waals surface area contributed by atoms with Crippen LogP contribution in [-0.2, 0) is 0 Å². The number of thiocarbonyl (C=S) groups is 1. The quantitative estimate of drug-likeness (QED) is 0.753. The van der Waals surface area contributed by atoms with Crippen molar-refractivity contribution in [2.24, 2.45) is 0 Å². The molecule has 23 heavy (non-hydrogen) atoms. The molecule has 3 nitrogen and oxygen atoms in total. The first kappa shape index (κ1) is 16.1.